The van der Waals surface area contributed by atoms with Crippen molar-refractivity contribution < 1.29 is 9.84 Å². The summed E-state index contributed by atoms with van der Waals surface area (Å²) in [4.78, 5) is 0. The lowest BCUT2D eigenvalue weighted by molar-refractivity contribution is 0.380. The van der Waals surface area contributed by atoms with Gasteiger partial charge in [0.1, 0.15) is 5.75 Å². The molecule has 2 aliphatic rings. The van der Waals surface area contributed by atoms with Crippen molar-refractivity contribution in [3.8, 4) is 17.2 Å². The maximum Gasteiger partial charge on any atom is 0.172 e. The third-order valence-corrected chi connectivity index (χ3v) is 1.16. The van der Waals surface area contributed by atoms with Crippen molar-refractivity contribution in [3.63, 3.8) is 0 Å². The summed E-state index contributed by atoms with van der Waals surface area (Å²) in [6.07, 6.45) is 0. The minimum absolute atomic E-state index is 0.222. The van der Waals surface area contributed by atoms with Crippen molar-refractivity contribution in [2.75, 3.05) is 0 Å². The third kappa shape index (κ3) is 0.281. The number of rotatable bonds is 0. The van der Waals surface area contributed by atoms with E-state index >= 15 is 0 Å². The van der Waals surface area contributed by atoms with Crippen LogP contribution in [0, 0.1) is 0 Å². The van der Waals surface area contributed by atoms with Gasteiger partial charge in [0, 0.05) is 6.07 Å². The highest BCUT2D eigenvalue weighted by atomic mass is 16.5. The molecular formula is C6H4O2. The highest BCUT2D eigenvalue weighted by Gasteiger charge is 2.13. The molecule has 0 radical (unpaired) electrons. The van der Waals surface area contributed by atoms with Crippen molar-refractivity contribution >= 4 is 0 Å². The molecule has 0 unspecified atom stereocenters. The van der Waals surface area contributed by atoms with E-state index in [2.05, 4.69) is 0 Å². The number of phenols is 1. The van der Waals surface area contributed by atoms with E-state index in [1.165, 1.54) is 0 Å². The van der Waals surface area contributed by atoms with Crippen LogP contribution >= 0.6 is 0 Å². The van der Waals surface area contributed by atoms with Crippen LogP contribution in [-0.2, 0) is 0 Å². The van der Waals surface area contributed by atoms with E-state index in [1.807, 2.05) is 0 Å². The van der Waals surface area contributed by atoms with Crippen molar-refractivity contribution in [3.05, 3.63) is 18.2 Å². The average Bonchev–Trinajstić information content (AvgIpc) is 1.62. The van der Waals surface area contributed by atoms with E-state index in [-0.39, 0.29) is 5.75 Å². The molecule has 0 aliphatic carbocycles. The van der Waals surface area contributed by atoms with Crippen molar-refractivity contribution in [2.45, 2.75) is 0 Å². The molecule has 0 fully saturated rings. The molecule has 0 spiro atoms. The van der Waals surface area contributed by atoms with Gasteiger partial charge in [-0.25, -0.2) is 0 Å². The smallest absolute Gasteiger partial charge is 0.172 e. The van der Waals surface area contributed by atoms with E-state index in [4.69, 9.17) is 9.84 Å². The SMILES string of the molecule is Oc1ccc2cc1O2. The number of hydrogen-bond donors (Lipinski definition) is 1. The molecule has 2 aliphatic heterocycles. The minimum Gasteiger partial charge on any atom is -0.504 e. The number of ether oxygens (including phenoxy) is 1. The average molecular weight is 108 g/mol. The number of aromatic hydroxyl groups is 1. The van der Waals surface area contributed by atoms with E-state index in [0.29, 0.717) is 5.75 Å². The Morgan fingerprint density at radius 3 is 2.38 bits per heavy atom. The first kappa shape index (κ1) is 3.78. The number of fused-ring (bicyclic) bond motifs is 2. The molecular weight excluding hydrogens is 104 g/mol. The fourth-order valence-electron chi connectivity index (χ4n) is 0.709. The topological polar surface area (TPSA) is 29.5 Å². The van der Waals surface area contributed by atoms with Crippen molar-refractivity contribution in [2.24, 2.45) is 0 Å². The summed E-state index contributed by atoms with van der Waals surface area (Å²) in [7, 11) is 0. The van der Waals surface area contributed by atoms with Gasteiger partial charge in [-0.2, -0.15) is 0 Å². The minimum atomic E-state index is 0.222. The van der Waals surface area contributed by atoms with Gasteiger partial charge in [0.25, 0.3) is 0 Å². The second-order valence-corrected chi connectivity index (χ2v) is 1.73. The number of hydrogen-bond acceptors (Lipinski definition) is 2. The first-order valence-electron chi connectivity index (χ1n) is 2.37. The zero-order valence-corrected chi connectivity index (χ0v) is 4.09. The molecule has 2 bridgehead atoms. The second kappa shape index (κ2) is 0.968. The maximum absolute atomic E-state index is 8.84. The highest BCUT2D eigenvalue weighted by molar-refractivity contribution is 5.53. The zero-order valence-electron chi connectivity index (χ0n) is 4.09. The van der Waals surface area contributed by atoms with Crippen LogP contribution in [0.4, 0.5) is 0 Å². The van der Waals surface area contributed by atoms with Gasteiger partial charge in [-0.3, -0.25) is 0 Å². The molecule has 1 N–H and O–H groups in total. The van der Waals surface area contributed by atoms with Gasteiger partial charge in [0.2, 0.25) is 0 Å². The monoisotopic (exact) mass is 108 g/mol. The van der Waals surface area contributed by atoms with Crippen LogP contribution in [0.3, 0.4) is 0 Å². The van der Waals surface area contributed by atoms with Crippen LogP contribution in [0.1, 0.15) is 0 Å². The number of benzene rings is 1. The number of phenolic OH excluding ortho intramolecular Hbond substituents is 1. The van der Waals surface area contributed by atoms with Crippen molar-refractivity contribution in [1.29, 1.82) is 0 Å². The fraction of sp³-hybridized carbons (Fsp3) is 0. The van der Waals surface area contributed by atoms with E-state index in [9.17, 15) is 0 Å². The lowest BCUT2D eigenvalue weighted by atomic mass is 10.2. The first-order valence-corrected chi connectivity index (χ1v) is 2.37. The summed E-state index contributed by atoms with van der Waals surface area (Å²) in [5, 5.41) is 8.84. The Bertz CT molecular complexity index is 221. The van der Waals surface area contributed by atoms with Gasteiger partial charge in [-0.1, -0.05) is 0 Å². The molecule has 40 valence electrons. The second-order valence-electron chi connectivity index (χ2n) is 1.73. The summed E-state index contributed by atoms with van der Waals surface area (Å²) in [5.41, 5.74) is 0. The van der Waals surface area contributed by atoms with Crippen molar-refractivity contribution in [1.82, 2.24) is 0 Å². The van der Waals surface area contributed by atoms with Crippen LogP contribution in [0.25, 0.3) is 0 Å². The summed E-state index contributed by atoms with van der Waals surface area (Å²) < 4.78 is 4.89. The molecule has 1 aromatic rings. The molecule has 2 heterocycles. The Kier molecular flexibility index (Phi) is 0.457. The summed E-state index contributed by atoms with van der Waals surface area (Å²) >= 11 is 0. The van der Waals surface area contributed by atoms with Gasteiger partial charge < -0.3 is 9.84 Å². The van der Waals surface area contributed by atoms with Crippen LogP contribution in [0.15, 0.2) is 18.2 Å². The Morgan fingerprint density at radius 1 is 1.38 bits per heavy atom. The lowest BCUT2D eigenvalue weighted by Crippen LogP contribution is -1.93. The molecule has 0 saturated carbocycles. The Labute approximate surface area is 46.3 Å². The van der Waals surface area contributed by atoms with Crippen LogP contribution < -0.4 is 4.74 Å². The quantitative estimate of drug-likeness (QED) is 0.554. The predicted molar refractivity (Wildman–Crippen MR) is 28.2 cm³/mol. The van der Waals surface area contributed by atoms with Crippen LogP contribution in [0.2, 0.25) is 0 Å². The highest BCUT2D eigenvalue weighted by Crippen LogP contribution is 2.41. The largest absolute Gasteiger partial charge is 0.504 e. The summed E-state index contributed by atoms with van der Waals surface area (Å²) in [5.74, 6) is 1.64. The zero-order chi connectivity index (χ0) is 5.56. The standard InChI is InChI=1S/C6H4O2/c7-5-2-1-4-3-6(5)8-4/h1-3,7H. The van der Waals surface area contributed by atoms with E-state index in [0.717, 1.165) is 5.75 Å². The Morgan fingerprint density at radius 2 is 2.12 bits per heavy atom. The molecule has 0 atom stereocenters. The molecule has 2 nitrogen and oxygen atoms in total. The molecule has 3 rings (SSSR count). The van der Waals surface area contributed by atoms with Gasteiger partial charge in [0.05, 0.1) is 0 Å². The molecule has 8 heavy (non-hydrogen) atoms. The molecule has 0 aromatic heterocycles. The summed E-state index contributed by atoms with van der Waals surface area (Å²) in [6, 6.07) is 5.13. The van der Waals surface area contributed by atoms with Crippen LogP contribution in [0.5, 0.6) is 17.2 Å². The van der Waals surface area contributed by atoms with E-state index < -0.39 is 0 Å². The fourth-order valence-corrected chi connectivity index (χ4v) is 0.709. The van der Waals surface area contributed by atoms with E-state index in [1.54, 1.807) is 18.2 Å². The molecule has 0 saturated heterocycles. The Hall–Kier alpha value is -1.18. The normalized spacial score (nSPS) is 12.0. The third-order valence-electron chi connectivity index (χ3n) is 1.16. The van der Waals surface area contributed by atoms with Gasteiger partial charge >= 0.3 is 0 Å². The Balaban J connectivity index is 2.72. The predicted octanol–water partition coefficient (Wildman–Crippen LogP) is 1.50. The van der Waals surface area contributed by atoms with Gasteiger partial charge in [-0.05, 0) is 12.1 Å². The van der Waals surface area contributed by atoms with Gasteiger partial charge in [-0.15, -0.1) is 0 Å². The molecule has 0 amide bonds. The summed E-state index contributed by atoms with van der Waals surface area (Å²) in [6.45, 7) is 0. The first-order chi connectivity index (χ1) is 3.86. The maximum atomic E-state index is 8.84. The molecule has 2 heteroatoms. The lowest BCUT2D eigenvalue weighted by Gasteiger charge is -2.15. The van der Waals surface area contributed by atoms with Crippen LogP contribution in [-0.4, -0.2) is 5.11 Å². The van der Waals surface area contributed by atoms with Gasteiger partial charge in [0.15, 0.2) is 11.5 Å². The molecule has 1 aromatic carbocycles.